The van der Waals surface area contributed by atoms with Crippen molar-refractivity contribution >= 4 is 27.5 Å². The Morgan fingerprint density at radius 3 is 2.32 bits per heavy atom. The van der Waals surface area contributed by atoms with Crippen LogP contribution in [0.4, 0.5) is 0 Å². The molecule has 0 aliphatic carbocycles. The SMILES string of the molecule is CC(CC(C)(C)c1ccccc1)NC(=O)CCNS(=O)(=O)c1ccccc1Cl. The minimum atomic E-state index is -3.74. The number of rotatable bonds is 9. The first-order valence-corrected chi connectivity index (χ1v) is 11.1. The Balaban J connectivity index is 1.83. The van der Waals surface area contributed by atoms with E-state index in [2.05, 4.69) is 36.0 Å². The topological polar surface area (TPSA) is 75.3 Å². The van der Waals surface area contributed by atoms with E-state index in [1.54, 1.807) is 12.1 Å². The van der Waals surface area contributed by atoms with Crippen LogP contribution in [0.25, 0.3) is 0 Å². The molecule has 1 unspecified atom stereocenters. The second-order valence-corrected chi connectivity index (χ2v) is 9.64. The highest BCUT2D eigenvalue weighted by molar-refractivity contribution is 7.89. The standard InChI is InChI=1S/C21H27ClN2O3S/c1-16(15-21(2,3)17-9-5-4-6-10-17)24-20(25)13-14-23-28(26,27)19-12-8-7-11-18(19)22/h4-12,16,23H,13-15H2,1-3H3,(H,24,25). The van der Waals surface area contributed by atoms with Crippen LogP contribution in [0.5, 0.6) is 0 Å². The lowest BCUT2D eigenvalue weighted by Gasteiger charge is -2.29. The number of benzene rings is 2. The largest absolute Gasteiger partial charge is 0.354 e. The van der Waals surface area contributed by atoms with Crippen molar-refractivity contribution in [1.82, 2.24) is 10.0 Å². The van der Waals surface area contributed by atoms with Crippen molar-refractivity contribution in [2.45, 2.75) is 50.0 Å². The highest BCUT2D eigenvalue weighted by Gasteiger charge is 2.24. The van der Waals surface area contributed by atoms with Crippen LogP contribution >= 0.6 is 11.6 Å². The number of hydrogen-bond acceptors (Lipinski definition) is 3. The fourth-order valence-electron chi connectivity index (χ4n) is 3.21. The van der Waals surface area contributed by atoms with Gasteiger partial charge in [0.2, 0.25) is 15.9 Å². The molecule has 1 amide bonds. The van der Waals surface area contributed by atoms with Gasteiger partial charge in [-0.3, -0.25) is 4.79 Å². The third kappa shape index (κ3) is 6.33. The summed E-state index contributed by atoms with van der Waals surface area (Å²) in [5, 5.41) is 3.09. The summed E-state index contributed by atoms with van der Waals surface area (Å²) in [5.41, 5.74) is 1.13. The molecule has 0 saturated carbocycles. The molecule has 1 atom stereocenters. The lowest BCUT2D eigenvalue weighted by molar-refractivity contribution is -0.121. The number of carbonyl (C=O) groups is 1. The average Bonchev–Trinajstić information content (AvgIpc) is 2.62. The Kier molecular flexibility index (Phi) is 7.63. The Morgan fingerprint density at radius 1 is 1.07 bits per heavy atom. The van der Waals surface area contributed by atoms with E-state index in [9.17, 15) is 13.2 Å². The molecule has 0 saturated heterocycles. The highest BCUT2D eigenvalue weighted by Crippen LogP contribution is 2.28. The molecule has 0 heterocycles. The van der Waals surface area contributed by atoms with E-state index < -0.39 is 10.0 Å². The maximum atomic E-state index is 12.3. The Bertz CT molecular complexity index is 899. The summed E-state index contributed by atoms with van der Waals surface area (Å²) in [6.07, 6.45) is 0.827. The number of hydrogen-bond donors (Lipinski definition) is 2. The lowest BCUT2D eigenvalue weighted by atomic mass is 9.79. The maximum absolute atomic E-state index is 12.3. The van der Waals surface area contributed by atoms with Crippen LogP contribution in [0.1, 0.15) is 39.2 Å². The Morgan fingerprint density at radius 2 is 1.68 bits per heavy atom. The van der Waals surface area contributed by atoms with Gasteiger partial charge in [0.25, 0.3) is 0 Å². The van der Waals surface area contributed by atoms with Gasteiger partial charge >= 0.3 is 0 Å². The second-order valence-electron chi connectivity index (χ2n) is 7.50. The molecule has 0 aliphatic rings. The van der Waals surface area contributed by atoms with Crippen molar-refractivity contribution in [3.8, 4) is 0 Å². The molecule has 0 fully saturated rings. The van der Waals surface area contributed by atoms with Crippen molar-refractivity contribution in [2.24, 2.45) is 0 Å². The predicted molar refractivity (Wildman–Crippen MR) is 113 cm³/mol. The third-order valence-electron chi connectivity index (χ3n) is 4.55. The van der Waals surface area contributed by atoms with Crippen LogP contribution in [-0.4, -0.2) is 26.9 Å². The van der Waals surface area contributed by atoms with Gasteiger partial charge in [-0.15, -0.1) is 0 Å². The van der Waals surface area contributed by atoms with E-state index in [0.29, 0.717) is 0 Å². The van der Waals surface area contributed by atoms with Gasteiger partial charge in [-0.05, 0) is 36.5 Å². The van der Waals surface area contributed by atoms with E-state index in [-0.39, 0.29) is 40.2 Å². The summed E-state index contributed by atoms with van der Waals surface area (Å²) in [7, 11) is -3.74. The van der Waals surface area contributed by atoms with E-state index >= 15 is 0 Å². The van der Waals surface area contributed by atoms with Gasteiger partial charge < -0.3 is 5.32 Å². The average molecular weight is 423 g/mol. The summed E-state index contributed by atoms with van der Waals surface area (Å²) < 4.78 is 27.0. The molecule has 0 spiro atoms. The molecule has 0 aliphatic heterocycles. The van der Waals surface area contributed by atoms with Gasteiger partial charge in [0.15, 0.2) is 0 Å². The van der Waals surface area contributed by atoms with Crippen molar-refractivity contribution in [3.05, 3.63) is 65.2 Å². The van der Waals surface area contributed by atoms with Crippen LogP contribution in [0.15, 0.2) is 59.5 Å². The van der Waals surface area contributed by atoms with Crippen molar-refractivity contribution in [1.29, 1.82) is 0 Å². The minimum Gasteiger partial charge on any atom is -0.354 e. The summed E-state index contributed by atoms with van der Waals surface area (Å²) in [4.78, 5) is 12.2. The van der Waals surface area contributed by atoms with Gasteiger partial charge in [0.1, 0.15) is 4.90 Å². The quantitative estimate of drug-likeness (QED) is 0.643. The molecule has 0 aromatic heterocycles. The number of sulfonamides is 1. The Hall–Kier alpha value is -1.89. The second kappa shape index (κ2) is 9.54. The van der Waals surface area contributed by atoms with E-state index in [1.807, 2.05) is 25.1 Å². The zero-order valence-electron chi connectivity index (χ0n) is 16.4. The molecule has 5 nitrogen and oxygen atoms in total. The van der Waals surface area contributed by atoms with E-state index in [1.165, 1.54) is 17.7 Å². The molecule has 7 heteroatoms. The van der Waals surface area contributed by atoms with Gasteiger partial charge in [0.05, 0.1) is 5.02 Å². The predicted octanol–water partition coefficient (Wildman–Crippen LogP) is 3.88. The Labute approximate surface area is 172 Å². The van der Waals surface area contributed by atoms with Crippen molar-refractivity contribution in [2.75, 3.05) is 6.54 Å². The minimum absolute atomic E-state index is 0.00812. The van der Waals surface area contributed by atoms with Crippen LogP contribution in [0, 0.1) is 0 Å². The molecule has 2 aromatic rings. The van der Waals surface area contributed by atoms with Crippen LogP contribution in [0.3, 0.4) is 0 Å². The number of halogens is 1. The number of carbonyl (C=O) groups excluding carboxylic acids is 1. The third-order valence-corrected chi connectivity index (χ3v) is 6.51. The normalized spacial score (nSPS) is 13.1. The molecule has 152 valence electrons. The van der Waals surface area contributed by atoms with Gasteiger partial charge in [-0.25, -0.2) is 13.1 Å². The van der Waals surface area contributed by atoms with Crippen LogP contribution in [-0.2, 0) is 20.2 Å². The van der Waals surface area contributed by atoms with Gasteiger partial charge in [-0.2, -0.15) is 0 Å². The lowest BCUT2D eigenvalue weighted by Crippen LogP contribution is -2.38. The molecular weight excluding hydrogens is 396 g/mol. The summed E-state index contributed by atoms with van der Waals surface area (Å²) in [6, 6.07) is 16.3. The van der Waals surface area contributed by atoms with Gasteiger partial charge in [0, 0.05) is 19.0 Å². The summed E-state index contributed by atoms with van der Waals surface area (Å²) >= 11 is 5.93. The highest BCUT2D eigenvalue weighted by atomic mass is 35.5. The molecule has 2 aromatic carbocycles. The first-order chi connectivity index (χ1) is 13.1. The summed E-state index contributed by atoms with van der Waals surface area (Å²) in [5.74, 6) is -0.196. The smallest absolute Gasteiger partial charge is 0.242 e. The fourth-order valence-corrected chi connectivity index (χ4v) is 4.76. The van der Waals surface area contributed by atoms with Crippen LogP contribution < -0.4 is 10.0 Å². The zero-order valence-corrected chi connectivity index (χ0v) is 18.0. The van der Waals surface area contributed by atoms with Crippen molar-refractivity contribution < 1.29 is 13.2 Å². The molecule has 0 radical (unpaired) electrons. The monoisotopic (exact) mass is 422 g/mol. The zero-order chi connectivity index (χ0) is 20.8. The number of nitrogens with one attached hydrogen (secondary N) is 2. The molecule has 2 rings (SSSR count). The van der Waals surface area contributed by atoms with Gasteiger partial charge in [-0.1, -0.05) is 67.9 Å². The van der Waals surface area contributed by atoms with Crippen LogP contribution in [0.2, 0.25) is 5.02 Å². The first-order valence-electron chi connectivity index (χ1n) is 9.21. The van der Waals surface area contributed by atoms with E-state index in [4.69, 9.17) is 11.6 Å². The van der Waals surface area contributed by atoms with Crippen molar-refractivity contribution in [3.63, 3.8) is 0 Å². The van der Waals surface area contributed by atoms with E-state index in [0.717, 1.165) is 6.42 Å². The molecule has 0 bridgehead atoms. The maximum Gasteiger partial charge on any atom is 0.242 e. The molecule has 2 N–H and O–H groups in total. The molecular formula is C21H27ClN2O3S. The molecule has 28 heavy (non-hydrogen) atoms. The summed E-state index contributed by atoms with van der Waals surface area (Å²) in [6.45, 7) is 6.25. The fraction of sp³-hybridized carbons (Fsp3) is 0.381. The first kappa shape index (κ1) is 22.4. The number of amides is 1.